The first-order chi connectivity index (χ1) is 15.5. The normalized spacial score (nSPS) is 11.2. The maximum atomic E-state index is 8.97. The Hall–Kier alpha value is -3.76. The third-order valence-corrected chi connectivity index (χ3v) is 6.18. The van der Waals surface area contributed by atoms with Gasteiger partial charge >= 0.3 is 0 Å². The van der Waals surface area contributed by atoms with Crippen LogP contribution in [0.15, 0.2) is 91.0 Å². The van der Waals surface area contributed by atoms with Crippen LogP contribution in [0, 0.1) is 12.3 Å². The number of aryl methyl sites for hydroxylation is 1. The number of rotatable bonds is 4. The first kappa shape index (κ1) is 20.2. The molecule has 158 valence electrons. The van der Waals surface area contributed by atoms with Crippen molar-refractivity contribution in [3.8, 4) is 16.8 Å². The SMILES string of the molecule is Cc1ccc(-c2ccc(-n3c(=N)n(Cc4ccccc4Cl)c4ccccc43)cc2)c(N)c1. The van der Waals surface area contributed by atoms with Crippen LogP contribution in [0.3, 0.4) is 0 Å². The topological polar surface area (TPSA) is 59.7 Å². The summed E-state index contributed by atoms with van der Waals surface area (Å²) in [5.74, 6) is 0. The van der Waals surface area contributed by atoms with Crippen molar-refractivity contribution in [3.63, 3.8) is 0 Å². The van der Waals surface area contributed by atoms with E-state index in [0.29, 0.717) is 17.2 Å². The van der Waals surface area contributed by atoms with Crippen molar-refractivity contribution >= 4 is 28.3 Å². The smallest absolute Gasteiger partial charge is 0.208 e. The van der Waals surface area contributed by atoms with Crippen molar-refractivity contribution in [3.05, 3.63) is 113 Å². The lowest BCUT2D eigenvalue weighted by atomic mass is 10.0. The largest absolute Gasteiger partial charge is 0.398 e. The van der Waals surface area contributed by atoms with Gasteiger partial charge in [0.05, 0.1) is 17.6 Å². The second-order valence-corrected chi connectivity index (χ2v) is 8.37. The van der Waals surface area contributed by atoms with Crippen LogP contribution in [0.4, 0.5) is 5.69 Å². The van der Waals surface area contributed by atoms with Gasteiger partial charge < -0.3 is 10.3 Å². The van der Waals surface area contributed by atoms with E-state index in [0.717, 1.165) is 44.7 Å². The Kier molecular flexibility index (Phi) is 5.08. The van der Waals surface area contributed by atoms with Crippen molar-refractivity contribution in [1.29, 1.82) is 5.41 Å². The van der Waals surface area contributed by atoms with E-state index >= 15 is 0 Å². The maximum Gasteiger partial charge on any atom is 0.208 e. The Balaban J connectivity index is 1.61. The molecule has 0 radical (unpaired) electrons. The number of aromatic nitrogens is 2. The van der Waals surface area contributed by atoms with Crippen LogP contribution in [0.5, 0.6) is 0 Å². The van der Waals surface area contributed by atoms with Gasteiger partial charge in [-0.2, -0.15) is 0 Å². The lowest BCUT2D eigenvalue weighted by Crippen LogP contribution is -2.24. The number of imidazole rings is 1. The number of nitrogen functional groups attached to an aromatic ring is 1. The molecule has 0 fully saturated rings. The second-order valence-electron chi connectivity index (χ2n) is 7.96. The third kappa shape index (κ3) is 3.49. The fourth-order valence-corrected chi connectivity index (χ4v) is 4.38. The van der Waals surface area contributed by atoms with E-state index in [9.17, 15) is 0 Å². The predicted molar refractivity (Wildman–Crippen MR) is 132 cm³/mol. The fourth-order valence-electron chi connectivity index (χ4n) is 4.18. The monoisotopic (exact) mass is 438 g/mol. The van der Waals surface area contributed by atoms with Crippen molar-refractivity contribution in [2.75, 3.05) is 5.73 Å². The van der Waals surface area contributed by atoms with E-state index in [1.807, 2.05) is 82.8 Å². The van der Waals surface area contributed by atoms with E-state index in [-0.39, 0.29) is 0 Å². The molecule has 0 amide bonds. The van der Waals surface area contributed by atoms with E-state index < -0.39 is 0 Å². The van der Waals surface area contributed by atoms with E-state index in [1.165, 1.54) is 0 Å². The molecule has 4 nitrogen and oxygen atoms in total. The Morgan fingerprint density at radius 2 is 1.53 bits per heavy atom. The lowest BCUT2D eigenvalue weighted by molar-refractivity contribution is 0.724. The van der Waals surface area contributed by atoms with Crippen LogP contribution in [0.2, 0.25) is 5.02 Å². The summed E-state index contributed by atoms with van der Waals surface area (Å²) in [6, 6.07) is 30.2. The van der Waals surface area contributed by atoms with Crippen molar-refractivity contribution < 1.29 is 0 Å². The van der Waals surface area contributed by atoms with E-state index in [1.54, 1.807) is 0 Å². The molecule has 0 saturated carbocycles. The van der Waals surface area contributed by atoms with Gasteiger partial charge in [0.25, 0.3) is 0 Å². The average Bonchev–Trinajstić information content (AvgIpc) is 3.07. The van der Waals surface area contributed by atoms with Gasteiger partial charge in [-0.3, -0.25) is 9.98 Å². The minimum Gasteiger partial charge on any atom is -0.398 e. The zero-order chi connectivity index (χ0) is 22.2. The van der Waals surface area contributed by atoms with Crippen LogP contribution in [-0.4, -0.2) is 9.13 Å². The van der Waals surface area contributed by atoms with Crippen LogP contribution >= 0.6 is 11.6 Å². The first-order valence-electron chi connectivity index (χ1n) is 10.5. The molecule has 0 aliphatic carbocycles. The molecule has 0 atom stereocenters. The number of nitrogens with zero attached hydrogens (tertiary/aromatic N) is 2. The highest BCUT2D eigenvalue weighted by Gasteiger charge is 2.14. The Bertz CT molecular complexity index is 1490. The summed E-state index contributed by atoms with van der Waals surface area (Å²) in [6.07, 6.45) is 0. The predicted octanol–water partition coefficient (Wildman–Crippen LogP) is 6.17. The van der Waals surface area contributed by atoms with Crippen molar-refractivity contribution in [2.45, 2.75) is 13.5 Å². The molecule has 0 bridgehead atoms. The highest BCUT2D eigenvalue weighted by Crippen LogP contribution is 2.28. The maximum absolute atomic E-state index is 8.97. The molecule has 32 heavy (non-hydrogen) atoms. The van der Waals surface area contributed by atoms with Gasteiger partial charge in [0.2, 0.25) is 5.62 Å². The molecular weight excluding hydrogens is 416 g/mol. The molecule has 0 unspecified atom stereocenters. The van der Waals surface area contributed by atoms with Gasteiger partial charge in [0, 0.05) is 22.0 Å². The summed E-state index contributed by atoms with van der Waals surface area (Å²) < 4.78 is 3.96. The van der Waals surface area contributed by atoms with Crippen LogP contribution < -0.4 is 11.4 Å². The molecule has 1 aromatic heterocycles. The molecule has 1 heterocycles. The van der Waals surface area contributed by atoms with E-state index in [2.05, 4.69) is 24.3 Å². The van der Waals surface area contributed by atoms with Gasteiger partial charge in [0.15, 0.2) is 0 Å². The number of para-hydroxylation sites is 2. The summed E-state index contributed by atoms with van der Waals surface area (Å²) in [4.78, 5) is 0. The molecule has 3 N–H and O–H groups in total. The Morgan fingerprint density at radius 1 is 0.844 bits per heavy atom. The summed E-state index contributed by atoms with van der Waals surface area (Å²) in [7, 11) is 0. The molecule has 5 heteroatoms. The number of nitrogens with two attached hydrogens (primary N) is 1. The quantitative estimate of drug-likeness (QED) is 0.324. The number of hydrogen-bond donors (Lipinski definition) is 2. The molecule has 0 aliphatic rings. The van der Waals surface area contributed by atoms with Crippen LogP contribution in [0.25, 0.3) is 27.8 Å². The summed E-state index contributed by atoms with van der Waals surface area (Å²) >= 11 is 6.41. The number of nitrogens with one attached hydrogen (secondary N) is 1. The molecule has 0 aliphatic heterocycles. The van der Waals surface area contributed by atoms with Gasteiger partial charge in [0.1, 0.15) is 0 Å². The van der Waals surface area contributed by atoms with Crippen LogP contribution in [0.1, 0.15) is 11.1 Å². The third-order valence-electron chi connectivity index (χ3n) is 5.81. The summed E-state index contributed by atoms with van der Waals surface area (Å²) in [5, 5.41) is 9.68. The van der Waals surface area contributed by atoms with Crippen LogP contribution in [-0.2, 0) is 6.54 Å². The molecule has 0 saturated heterocycles. The lowest BCUT2D eigenvalue weighted by Gasteiger charge is -2.10. The zero-order valence-corrected chi connectivity index (χ0v) is 18.5. The molecule has 4 aromatic carbocycles. The fraction of sp³-hybridized carbons (Fsp3) is 0.0741. The Labute approximate surface area is 191 Å². The first-order valence-corrected chi connectivity index (χ1v) is 10.9. The number of hydrogen-bond acceptors (Lipinski definition) is 2. The van der Waals surface area contributed by atoms with Crippen molar-refractivity contribution in [1.82, 2.24) is 9.13 Å². The minimum absolute atomic E-state index is 0.397. The molecular formula is C27H23ClN4. The average molecular weight is 439 g/mol. The number of fused-ring (bicyclic) bond motifs is 1. The standard InChI is InChI=1S/C27H23ClN4/c1-18-10-15-22(24(29)16-18)19-11-13-21(14-12-19)32-26-9-5-4-8-25(26)31(27(32)30)17-20-6-2-3-7-23(20)28/h2-16,30H,17,29H2,1H3. The van der Waals surface area contributed by atoms with Gasteiger partial charge in [-0.25, -0.2) is 0 Å². The van der Waals surface area contributed by atoms with Gasteiger partial charge in [-0.15, -0.1) is 0 Å². The molecule has 5 rings (SSSR count). The number of benzene rings is 4. The van der Waals surface area contributed by atoms with Gasteiger partial charge in [-0.05, 0) is 60.0 Å². The molecule has 0 spiro atoms. The van der Waals surface area contributed by atoms with Gasteiger partial charge in [-0.1, -0.05) is 66.2 Å². The molecule has 5 aromatic rings. The number of halogens is 1. The zero-order valence-electron chi connectivity index (χ0n) is 17.7. The highest BCUT2D eigenvalue weighted by atomic mass is 35.5. The minimum atomic E-state index is 0.397. The van der Waals surface area contributed by atoms with Crippen molar-refractivity contribution in [2.24, 2.45) is 0 Å². The summed E-state index contributed by atoms with van der Waals surface area (Å²) in [6.45, 7) is 2.57. The van der Waals surface area contributed by atoms with E-state index in [4.69, 9.17) is 22.7 Å². The second kappa shape index (κ2) is 8.06. The Morgan fingerprint density at radius 3 is 2.25 bits per heavy atom. The highest BCUT2D eigenvalue weighted by molar-refractivity contribution is 6.31. The summed E-state index contributed by atoms with van der Waals surface area (Å²) in [5.41, 5.74) is 14.5. The number of anilines is 1.